The van der Waals surface area contributed by atoms with Crippen molar-refractivity contribution >= 4 is 27.3 Å². The van der Waals surface area contributed by atoms with Crippen molar-refractivity contribution in [3.8, 4) is 5.75 Å². The van der Waals surface area contributed by atoms with Gasteiger partial charge < -0.3 is 9.64 Å². The van der Waals surface area contributed by atoms with Crippen LogP contribution in [0.4, 0.5) is 5.82 Å². The summed E-state index contributed by atoms with van der Waals surface area (Å²) in [5.74, 6) is 2.97. The number of rotatable bonds is 7. The van der Waals surface area contributed by atoms with E-state index in [1.165, 1.54) is 6.26 Å². The van der Waals surface area contributed by atoms with E-state index in [0.29, 0.717) is 34.1 Å². The number of pyridine rings is 1. The highest BCUT2D eigenvalue weighted by atomic mass is 35.5. The van der Waals surface area contributed by atoms with Crippen molar-refractivity contribution in [1.82, 2.24) is 4.98 Å². The summed E-state index contributed by atoms with van der Waals surface area (Å²) in [6, 6.07) is 10.5. The van der Waals surface area contributed by atoms with Gasteiger partial charge in [0, 0.05) is 25.5 Å². The van der Waals surface area contributed by atoms with E-state index in [0.717, 1.165) is 38.2 Å². The third kappa shape index (κ3) is 5.61. The molecule has 1 aliphatic rings. The predicted molar refractivity (Wildman–Crippen MR) is 113 cm³/mol. The van der Waals surface area contributed by atoms with E-state index in [4.69, 9.17) is 16.3 Å². The topological polar surface area (TPSA) is 59.5 Å². The van der Waals surface area contributed by atoms with Gasteiger partial charge >= 0.3 is 0 Å². The summed E-state index contributed by atoms with van der Waals surface area (Å²) in [7, 11) is -3.17. The van der Waals surface area contributed by atoms with Crippen molar-refractivity contribution in [3.05, 3.63) is 47.6 Å². The average Bonchev–Trinajstić information content (AvgIpc) is 2.68. The molecule has 152 valence electrons. The Morgan fingerprint density at radius 3 is 2.43 bits per heavy atom. The molecular weight excluding hydrogens is 396 g/mol. The molecule has 0 spiro atoms. The molecule has 3 rings (SSSR count). The highest BCUT2D eigenvalue weighted by Gasteiger charge is 2.24. The Morgan fingerprint density at radius 1 is 1.18 bits per heavy atom. The molecule has 1 atom stereocenters. The highest BCUT2D eigenvalue weighted by Crippen LogP contribution is 2.29. The summed E-state index contributed by atoms with van der Waals surface area (Å²) < 4.78 is 28.8. The first-order chi connectivity index (χ1) is 13.3. The van der Waals surface area contributed by atoms with Crippen LogP contribution in [0.3, 0.4) is 0 Å². The predicted octanol–water partition coefficient (Wildman–Crippen LogP) is 4.46. The Kier molecular flexibility index (Phi) is 6.83. The van der Waals surface area contributed by atoms with Gasteiger partial charge in [0.1, 0.15) is 11.6 Å². The Morgan fingerprint density at radius 2 is 1.86 bits per heavy atom. The first-order valence-corrected chi connectivity index (χ1v) is 11.9. The molecule has 2 heterocycles. The van der Waals surface area contributed by atoms with Crippen LogP contribution in [-0.2, 0) is 9.84 Å². The molecule has 0 N–H and O–H groups in total. The molecule has 1 aromatic heterocycles. The van der Waals surface area contributed by atoms with E-state index in [-0.39, 0.29) is 0 Å². The van der Waals surface area contributed by atoms with Gasteiger partial charge in [-0.25, -0.2) is 13.4 Å². The summed E-state index contributed by atoms with van der Waals surface area (Å²) in [6.07, 6.45) is 6.19. The normalized spacial score (nSPS) is 16.8. The Labute approximate surface area is 172 Å². The lowest BCUT2D eigenvalue weighted by Gasteiger charge is -2.35. The van der Waals surface area contributed by atoms with Crippen molar-refractivity contribution in [2.24, 2.45) is 11.8 Å². The highest BCUT2D eigenvalue weighted by molar-refractivity contribution is 7.90. The van der Waals surface area contributed by atoms with Crippen LogP contribution < -0.4 is 9.64 Å². The average molecular weight is 423 g/mol. The minimum Gasteiger partial charge on any atom is -0.494 e. The molecule has 2 aromatic rings. The van der Waals surface area contributed by atoms with Gasteiger partial charge in [-0.05, 0) is 67.5 Å². The second kappa shape index (κ2) is 9.14. The SMILES string of the molecule is CC(CCOc1ccc(S(C)(=O)=O)cc1)C1CCN(c2ccc(Cl)cn2)CC1. The fourth-order valence-electron chi connectivity index (χ4n) is 3.63. The van der Waals surface area contributed by atoms with Gasteiger partial charge in [0.25, 0.3) is 0 Å². The first kappa shape index (κ1) is 20.9. The monoisotopic (exact) mass is 422 g/mol. The molecule has 0 radical (unpaired) electrons. The number of hydrogen-bond acceptors (Lipinski definition) is 5. The third-order valence-corrected chi connectivity index (χ3v) is 6.83. The Balaban J connectivity index is 1.42. The zero-order valence-electron chi connectivity index (χ0n) is 16.3. The zero-order chi connectivity index (χ0) is 20.1. The van der Waals surface area contributed by atoms with Crippen molar-refractivity contribution < 1.29 is 13.2 Å². The molecule has 1 unspecified atom stereocenters. The molecule has 1 fully saturated rings. The second-order valence-electron chi connectivity index (χ2n) is 7.52. The van der Waals surface area contributed by atoms with E-state index < -0.39 is 9.84 Å². The van der Waals surface area contributed by atoms with Crippen LogP contribution in [0.5, 0.6) is 5.75 Å². The lowest BCUT2D eigenvalue weighted by molar-refractivity contribution is 0.223. The van der Waals surface area contributed by atoms with Gasteiger partial charge in [-0.15, -0.1) is 0 Å². The number of piperidine rings is 1. The zero-order valence-corrected chi connectivity index (χ0v) is 17.9. The van der Waals surface area contributed by atoms with Gasteiger partial charge in [-0.2, -0.15) is 0 Å². The van der Waals surface area contributed by atoms with Crippen LogP contribution in [0.25, 0.3) is 0 Å². The van der Waals surface area contributed by atoms with Crippen LogP contribution in [0, 0.1) is 11.8 Å². The van der Waals surface area contributed by atoms with Crippen LogP contribution in [0.2, 0.25) is 5.02 Å². The summed E-state index contributed by atoms with van der Waals surface area (Å²) in [4.78, 5) is 7.05. The van der Waals surface area contributed by atoms with Gasteiger partial charge in [-0.1, -0.05) is 18.5 Å². The summed E-state index contributed by atoms with van der Waals surface area (Å²) in [5.41, 5.74) is 0. The van der Waals surface area contributed by atoms with Crippen LogP contribution in [-0.4, -0.2) is 39.4 Å². The number of sulfone groups is 1. The van der Waals surface area contributed by atoms with Crippen molar-refractivity contribution in [1.29, 1.82) is 0 Å². The van der Waals surface area contributed by atoms with E-state index in [1.807, 2.05) is 12.1 Å². The molecule has 0 amide bonds. The number of anilines is 1. The fraction of sp³-hybridized carbons (Fsp3) is 0.476. The van der Waals surface area contributed by atoms with E-state index in [1.54, 1.807) is 30.5 Å². The minimum atomic E-state index is -3.17. The maximum Gasteiger partial charge on any atom is 0.175 e. The van der Waals surface area contributed by atoms with E-state index >= 15 is 0 Å². The van der Waals surface area contributed by atoms with Crippen LogP contribution in [0.15, 0.2) is 47.5 Å². The second-order valence-corrected chi connectivity index (χ2v) is 9.97. The Bertz CT molecular complexity index is 862. The van der Waals surface area contributed by atoms with Crippen molar-refractivity contribution in [3.63, 3.8) is 0 Å². The number of benzene rings is 1. The Hall–Kier alpha value is -1.79. The minimum absolute atomic E-state index is 0.315. The molecule has 5 nitrogen and oxygen atoms in total. The largest absolute Gasteiger partial charge is 0.494 e. The lowest BCUT2D eigenvalue weighted by Crippen LogP contribution is -2.36. The molecule has 28 heavy (non-hydrogen) atoms. The molecule has 1 aliphatic heterocycles. The smallest absolute Gasteiger partial charge is 0.175 e. The number of ether oxygens (including phenoxy) is 1. The first-order valence-electron chi connectivity index (χ1n) is 9.62. The molecule has 0 saturated carbocycles. The number of aromatic nitrogens is 1. The van der Waals surface area contributed by atoms with Gasteiger partial charge in [0.15, 0.2) is 9.84 Å². The number of hydrogen-bond donors (Lipinski definition) is 0. The molecule has 1 aromatic carbocycles. The van der Waals surface area contributed by atoms with E-state index in [2.05, 4.69) is 16.8 Å². The standard InChI is InChI=1S/C21H27ClN2O3S/c1-16(11-14-27-19-4-6-20(7-5-19)28(2,25)26)17-9-12-24(13-10-17)21-8-3-18(22)15-23-21/h3-8,15-17H,9-14H2,1-2H3. The molecule has 7 heteroatoms. The summed E-state index contributed by atoms with van der Waals surface area (Å²) in [6.45, 7) is 4.95. The summed E-state index contributed by atoms with van der Waals surface area (Å²) in [5, 5.41) is 0.665. The fourth-order valence-corrected chi connectivity index (χ4v) is 4.38. The van der Waals surface area contributed by atoms with E-state index in [9.17, 15) is 8.42 Å². The van der Waals surface area contributed by atoms with Crippen LogP contribution in [0.1, 0.15) is 26.2 Å². The maximum absolute atomic E-state index is 11.5. The number of nitrogens with zero attached hydrogens (tertiary/aromatic N) is 2. The van der Waals surface area contributed by atoms with Gasteiger partial charge in [0.05, 0.1) is 16.5 Å². The van der Waals surface area contributed by atoms with Gasteiger partial charge in [-0.3, -0.25) is 0 Å². The number of halogens is 1. The molecule has 0 bridgehead atoms. The molecular formula is C21H27ClN2O3S. The maximum atomic E-state index is 11.5. The third-order valence-electron chi connectivity index (χ3n) is 5.47. The lowest BCUT2D eigenvalue weighted by atomic mass is 9.84. The summed E-state index contributed by atoms with van der Waals surface area (Å²) >= 11 is 5.92. The molecule has 0 aliphatic carbocycles. The van der Waals surface area contributed by atoms with Gasteiger partial charge in [0.2, 0.25) is 0 Å². The van der Waals surface area contributed by atoms with Crippen molar-refractivity contribution in [2.75, 3.05) is 30.9 Å². The van der Waals surface area contributed by atoms with Crippen LogP contribution >= 0.6 is 11.6 Å². The van der Waals surface area contributed by atoms with Crippen molar-refractivity contribution in [2.45, 2.75) is 31.1 Å². The molecule has 1 saturated heterocycles. The quantitative estimate of drug-likeness (QED) is 0.659.